The van der Waals surface area contributed by atoms with Gasteiger partial charge in [-0.1, -0.05) is 24.3 Å². The second kappa shape index (κ2) is 18.5. The molecule has 312 valence electrons. The fourth-order valence-corrected chi connectivity index (χ4v) is 7.40. The van der Waals surface area contributed by atoms with Crippen LogP contribution in [0, 0.1) is 0 Å². The van der Waals surface area contributed by atoms with Crippen molar-refractivity contribution in [2.75, 3.05) is 30.7 Å². The van der Waals surface area contributed by atoms with Crippen LogP contribution >= 0.6 is 23.2 Å². The molecule has 0 spiro atoms. The fraction of sp³-hybridized carbons (Fsp3) is 0. The van der Waals surface area contributed by atoms with Gasteiger partial charge in [-0.3, -0.25) is 17.5 Å². The minimum Gasteiger partial charge on any atom is -0.755 e. The summed E-state index contributed by atoms with van der Waals surface area (Å²) < 4.78 is 118. The quantitative estimate of drug-likeness (QED) is 0.0341. The number of nitrogens with zero attached hydrogens (tertiary/aromatic N) is 6. The van der Waals surface area contributed by atoms with Gasteiger partial charge in [0.1, 0.15) is 9.79 Å². The van der Waals surface area contributed by atoms with Crippen molar-refractivity contribution in [1.82, 2.24) is 29.9 Å². The molecule has 0 saturated heterocycles. The number of rotatable bonds is 16. The maximum absolute atomic E-state index is 12.5. The largest absolute Gasteiger partial charge is 0.755 e. The van der Waals surface area contributed by atoms with Crippen LogP contribution in [0.25, 0.3) is 12.2 Å². The van der Waals surface area contributed by atoms with Crippen LogP contribution in [0.3, 0.4) is 0 Å². The van der Waals surface area contributed by atoms with Crippen LogP contribution in [-0.4, -0.2) is 73.4 Å². The van der Waals surface area contributed by atoms with Crippen molar-refractivity contribution in [2.45, 2.75) is 9.79 Å². The smallest absolute Gasteiger partial charge is 0.295 e. The highest BCUT2D eigenvalue weighted by Gasteiger charge is 2.19. The molecule has 60 heavy (non-hydrogen) atoms. The zero-order valence-electron chi connectivity index (χ0n) is 29.5. The van der Waals surface area contributed by atoms with E-state index in [-0.39, 0.29) is 56.9 Å². The molecule has 0 aliphatic rings. The number of hydrogen-bond donors (Lipinski definition) is 8. The average Bonchev–Trinajstić information content (AvgIpc) is 3.14. The molecular weight excluding hydrogens is 912 g/mol. The summed E-state index contributed by atoms with van der Waals surface area (Å²) in [5, 5.41) is 10.8. The van der Waals surface area contributed by atoms with Gasteiger partial charge in [0.15, 0.2) is 0 Å². The first kappa shape index (κ1) is 43.6. The third-order valence-corrected chi connectivity index (χ3v) is 10.4. The van der Waals surface area contributed by atoms with Gasteiger partial charge in [0.05, 0.1) is 0 Å². The number of aromatic nitrogens is 6. The number of halogens is 2. The second-order valence-electron chi connectivity index (χ2n) is 11.6. The van der Waals surface area contributed by atoms with Crippen molar-refractivity contribution in [3.63, 3.8) is 0 Å². The van der Waals surface area contributed by atoms with Crippen LogP contribution in [0.5, 0.6) is 0 Å². The third kappa shape index (κ3) is 12.3. The molecule has 0 aliphatic heterocycles. The van der Waals surface area contributed by atoms with Gasteiger partial charge in [-0.15, -0.1) is 0 Å². The predicted molar refractivity (Wildman–Crippen MR) is 222 cm³/mol. The topological polar surface area (TPSA) is 339 Å². The van der Waals surface area contributed by atoms with E-state index in [1.54, 1.807) is 0 Å². The predicted octanol–water partition coefficient (Wildman–Crippen LogP) is 5.41. The molecule has 0 aliphatic carbocycles. The SMILES string of the molecule is O=S([O-])Nc1ccc(Nc2nc(Cl)nc(Nc3ccc(C=Cc4ccc(Nc5nc(Cl)nc(Nc6ccc(NS(=O)[O-])cc6)n5)cc4S(=O)(=O)O)c(S(=O)(=O)O)c3)n2)cc1. The van der Waals surface area contributed by atoms with Crippen LogP contribution in [0.15, 0.2) is 94.7 Å². The summed E-state index contributed by atoms with van der Waals surface area (Å²) in [4.78, 5) is 23.1. The van der Waals surface area contributed by atoms with Gasteiger partial charge >= 0.3 is 0 Å². The van der Waals surface area contributed by atoms with Crippen LogP contribution in [0.4, 0.5) is 57.9 Å². The van der Waals surface area contributed by atoms with Crippen molar-refractivity contribution in [2.24, 2.45) is 0 Å². The van der Waals surface area contributed by atoms with E-state index < -0.39 is 52.6 Å². The highest BCUT2D eigenvalue weighted by molar-refractivity contribution is 7.86. The summed E-state index contributed by atoms with van der Waals surface area (Å²) in [6.45, 7) is 0. The lowest BCUT2D eigenvalue weighted by Crippen LogP contribution is -2.06. The molecule has 0 fully saturated rings. The molecule has 0 bridgehead atoms. The van der Waals surface area contributed by atoms with Gasteiger partial charge in [-0.2, -0.15) is 46.7 Å². The summed E-state index contributed by atoms with van der Waals surface area (Å²) in [6.07, 6.45) is 2.38. The standard InChI is InChI=1S/C32H26Cl2N12O10S4/c33-27-39-29(35-19-7-11-21(12-8-19)45-57(47)48)43-31(41-27)37-23-5-3-17(25(15-23)59(51,52)53)1-2-18-4-6-24(16-26(18)60(54,55)56)38-32-42-28(34)40-30(44-32)36-20-9-13-22(14-10-20)46-58(49)50/h1-16,45-46H,(H,47,48)(H,49,50)(H,51,52,53)(H,54,55,56)(H2,35,37,39,41,43)(H2,36,38,40,42,44)/p-2. The number of benzene rings is 4. The molecular formula is C32H24Cl2N12O10S4-2. The molecule has 0 saturated carbocycles. The lowest BCUT2D eigenvalue weighted by atomic mass is 10.1. The molecule has 22 nitrogen and oxygen atoms in total. The zero-order valence-corrected chi connectivity index (χ0v) is 34.2. The number of hydrogen-bond acceptors (Lipinski definition) is 18. The summed E-state index contributed by atoms with van der Waals surface area (Å²) in [5.74, 6) is -0.347. The van der Waals surface area contributed by atoms with E-state index in [1.807, 2.05) is 0 Å². The number of anilines is 10. The van der Waals surface area contributed by atoms with Crippen molar-refractivity contribution >= 4 is 136 Å². The lowest BCUT2D eigenvalue weighted by molar-refractivity contribution is 0.480. The van der Waals surface area contributed by atoms with Crippen LogP contribution in [-0.2, 0) is 42.8 Å². The Balaban J connectivity index is 1.20. The summed E-state index contributed by atoms with van der Waals surface area (Å²) in [5.41, 5.74) is 1.47. The van der Waals surface area contributed by atoms with Gasteiger partial charge in [0.25, 0.3) is 20.2 Å². The Morgan fingerprint density at radius 2 is 0.767 bits per heavy atom. The van der Waals surface area contributed by atoms with Gasteiger partial charge in [-0.25, -0.2) is 0 Å². The van der Waals surface area contributed by atoms with Crippen LogP contribution in [0.2, 0.25) is 10.6 Å². The molecule has 28 heteroatoms. The number of nitrogens with one attached hydrogen (secondary N) is 6. The molecule has 2 aromatic heterocycles. The monoisotopic (exact) mass is 934 g/mol. The molecule has 0 radical (unpaired) electrons. The molecule has 6 aromatic rings. The van der Waals surface area contributed by atoms with E-state index in [1.165, 1.54) is 84.9 Å². The van der Waals surface area contributed by atoms with Crippen LogP contribution in [0.1, 0.15) is 11.1 Å². The van der Waals surface area contributed by atoms with Gasteiger partial charge in [-0.05, 0) is 107 Å². The summed E-state index contributed by atoms with van der Waals surface area (Å²) >= 11 is 7.13. The Morgan fingerprint density at radius 1 is 0.483 bits per heavy atom. The minimum absolute atomic E-state index is 0.0363. The molecule has 8 N–H and O–H groups in total. The van der Waals surface area contributed by atoms with Crippen molar-refractivity contribution in [3.8, 4) is 0 Å². The van der Waals surface area contributed by atoms with Gasteiger partial charge < -0.3 is 39.8 Å². The fourth-order valence-electron chi connectivity index (χ4n) is 5.00. The van der Waals surface area contributed by atoms with E-state index in [9.17, 15) is 43.5 Å². The maximum Gasteiger partial charge on any atom is 0.295 e. The van der Waals surface area contributed by atoms with E-state index in [0.29, 0.717) is 22.7 Å². The second-order valence-corrected chi connectivity index (χ2v) is 16.4. The van der Waals surface area contributed by atoms with Crippen molar-refractivity contribution in [1.29, 1.82) is 0 Å². The molecule has 0 amide bonds. The lowest BCUT2D eigenvalue weighted by Gasteiger charge is -2.12. The Kier molecular flexibility index (Phi) is 13.5. The minimum atomic E-state index is -4.90. The normalized spacial score (nSPS) is 12.7. The molecule has 2 atom stereocenters. The summed E-state index contributed by atoms with van der Waals surface area (Å²) in [6, 6.07) is 19.5. The Bertz CT molecular complexity index is 2690. The first-order valence-electron chi connectivity index (χ1n) is 16.1. The van der Waals surface area contributed by atoms with Crippen molar-refractivity contribution < 1.29 is 43.5 Å². The highest BCUT2D eigenvalue weighted by Crippen LogP contribution is 2.29. The Morgan fingerprint density at radius 3 is 1.07 bits per heavy atom. The van der Waals surface area contributed by atoms with E-state index in [0.717, 1.165) is 12.1 Å². The average molecular weight is 936 g/mol. The first-order chi connectivity index (χ1) is 28.4. The van der Waals surface area contributed by atoms with Crippen LogP contribution < -0.4 is 30.7 Å². The summed E-state index contributed by atoms with van der Waals surface area (Å²) in [7, 11) is -9.80. The van der Waals surface area contributed by atoms with Crippen molar-refractivity contribution in [3.05, 3.63) is 107 Å². The molecule has 4 aromatic carbocycles. The molecule has 2 heterocycles. The highest BCUT2D eigenvalue weighted by atomic mass is 35.5. The van der Waals surface area contributed by atoms with E-state index in [4.69, 9.17) is 23.2 Å². The van der Waals surface area contributed by atoms with E-state index in [2.05, 4.69) is 60.6 Å². The third-order valence-electron chi connectivity index (χ3n) is 7.44. The molecule has 6 rings (SSSR count). The van der Waals surface area contributed by atoms with E-state index >= 15 is 0 Å². The maximum atomic E-state index is 12.5. The molecule has 2 unspecified atom stereocenters. The Labute approximate surface area is 354 Å². The van der Waals surface area contributed by atoms with Gasteiger partial charge in [0.2, 0.25) is 34.4 Å². The first-order valence-corrected chi connectivity index (χ1v) is 21.9. The Hall–Kier alpha value is -5.94. The van der Waals surface area contributed by atoms with Gasteiger partial charge in [0, 0.05) is 56.7 Å². The zero-order chi connectivity index (χ0) is 43.2.